The van der Waals surface area contributed by atoms with Gasteiger partial charge in [0.1, 0.15) is 5.69 Å². The molecule has 172 valence electrons. The van der Waals surface area contributed by atoms with Gasteiger partial charge in [-0.05, 0) is 42.6 Å². The summed E-state index contributed by atoms with van der Waals surface area (Å²) in [6.45, 7) is 2.44. The van der Waals surface area contributed by atoms with Crippen LogP contribution in [0.15, 0.2) is 35.4 Å². The van der Waals surface area contributed by atoms with E-state index >= 15 is 0 Å². The fourth-order valence-corrected chi connectivity index (χ4v) is 3.37. The zero-order valence-electron chi connectivity index (χ0n) is 16.5. The lowest BCUT2D eigenvalue weighted by molar-refractivity contribution is -0.137. The van der Waals surface area contributed by atoms with Crippen LogP contribution < -0.4 is 15.4 Å². The van der Waals surface area contributed by atoms with Gasteiger partial charge in [0.15, 0.2) is 0 Å². The topological polar surface area (TPSA) is 100 Å². The number of urea groups is 1. The van der Waals surface area contributed by atoms with Crippen LogP contribution in [0.2, 0.25) is 10.0 Å². The number of rotatable bonds is 7. The molecule has 1 heterocycles. The van der Waals surface area contributed by atoms with E-state index in [0.717, 1.165) is 24.8 Å². The van der Waals surface area contributed by atoms with E-state index in [1.807, 2.05) is 12.2 Å². The van der Waals surface area contributed by atoms with Gasteiger partial charge in [-0.15, -0.1) is 0 Å². The highest BCUT2D eigenvalue weighted by Crippen LogP contribution is 2.31. The van der Waals surface area contributed by atoms with Crippen LogP contribution in [0.25, 0.3) is 0 Å². The summed E-state index contributed by atoms with van der Waals surface area (Å²) in [4.78, 5) is 40.3. The van der Waals surface area contributed by atoms with E-state index < -0.39 is 34.4 Å². The minimum absolute atomic E-state index is 0.220. The molecule has 13 heteroatoms. The fourth-order valence-electron chi connectivity index (χ4n) is 2.29. The second-order valence-electron chi connectivity index (χ2n) is 6.29. The Morgan fingerprint density at radius 2 is 1.84 bits per heavy atom. The van der Waals surface area contributed by atoms with E-state index in [1.165, 1.54) is 18.2 Å². The van der Waals surface area contributed by atoms with Gasteiger partial charge in [0, 0.05) is 22.7 Å². The van der Waals surface area contributed by atoms with Crippen molar-refractivity contribution in [2.45, 2.75) is 30.8 Å². The Balaban J connectivity index is 2.03. The molecule has 0 aliphatic carbocycles. The second-order valence-corrected chi connectivity index (χ2v) is 7.98. The minimum atomic E-state index is -4.68. The lowest BCUT2D eigenvalue weighted by atomic mass is 10.2. The molecule has 3 N–H and O–H groups in total. The maximum Gasteiger partial charge on any atom is 0.417 e. The van der Waals surface area contributed by atoms with Gasteiger partial charge in [-0.1, -0.05) is 36.5 Å². The standard InChI is InChI=1S/C19H17Cl2F3N4O3S/c1-2-3-6-25-16(29)12-8-11(20)4-5-14(12)32-28-18(31)27-17(30)15-13(21)7-10(9-26-15)19(22,23)24/h4-5,7-9H,2-3,6H2,1H3,(H,25,29)(H2,27,28,30,31). The van der Waals surface area contributed by atoms with E-state index in [0.29, 0.717) is 28.7 Å². The first kappa shape index (κ1) is 25.8. The molecule has 0 aliphatic heterocycles. The van der Waals surface area contributed by atoms with Gasteiger partial charge < -0.3 is 5.32 Å². The zero-order valence-corrected chi connectivity index (χ0v) is 18.8. The molecular weight excluding hydrogens is 492 g/mol. The number of halogens is 5. The number of imide groups is 1. The minimum Gasteiger partial charge on any atom is -0.352 e. The molecule has 0 atom stereocenters. The lowest BCUT2D eigenvalue weighted by Crippen LogP contribution is -2.37. The molecule has 0 unspecified atom stereocenters. The summed E-state index contributed by atoms with van der Waals surface area (Å²) in [5.41, 5.74) is -1.47. The number of carbonyl (C=O) groups excluding carboxylic acids is 3. The number of hydrogen-bond acceptors (Lipinski definition) is 5. The normalized spacial score (nSPS) is 11.1. The van der Waals surface area contributed by atoms with E-state index in [2.05, 4.69) is 15.0 Å². The Kier molecular flexibility index (Phi) is 9.17. The van der Waals surface area contributed by atoms with Gasteiger partial charge >= 0.3 is 12.2 Å². The van der Waals surface area contributed by atoms with Crippen LogP contribution in [0.4, 0.5) is 18.0 Å². The summed E-state index contributed by atoms with van der Waals surface area (Å²) in [6.07, 6.45) is -2.56. The van der Waals surface area contributed by atoms with Crippen molar-refractivity contribution in [2.75, 3.05) is 6.54 Å². The van der Waals surface area contributed by atoms with Crippen molar-refractivity contribution in [2.24, 2.45) is 0 Å². The predicted octanol–water partition coefficient (Wildman–Crippen LogP) is 5.08. The molecule has 0 aliphatic rings. The van der Waals surface area contributed by atoms with Gasteiger partial charge in [0.05, 0.1) is 16.1 Å². The Hall–Kier alpha value is -2.50. The van der Waals surface area contributed by atoms with Crippen LogP contribution in [-0.2, 0) is 6.18 Å². The van der Waals surface area contributed by atoms with Gasteiger partial charge in [-0.3, -0.25) is 19.6 Å². The molecule has 0 fully saturated rings. The number of pyridine rings is 1. The number of nitrogens with one attached hydrogen (secondary N) is 3. The van der Waals surface area contributed by atoms with Gasteiger partial charge in [-0.2, -0.15) is 13.2 Å². The third-order valence-corrected chi connectivity index (χ3v) is 5.25. The van der Waals surface area contributed by atoms with Crippen LogP contribution in [0.5, 0.6) is 0 Å². The predicted molar refractivity (Wildman–Crippen MR) is 115 cm³/mol. The SMILES string of the molecule is CCCCNC(=O)c1cc(Cl)ccc1SNC(=O)NC(=O)c1ncc(C(F)(F)F)cc1Cl. The lowest BCUT2D eigenvalue weighted by Gasteiger charge is -2.12. The van der Waals surface area contributed by atoms with E-state index in [9.17, 15) is 27.6 Å². The first-order valence-electron chi connectivity index (χ1n) is 9.11. The van der Waals surface area contributed by atoms with Crippen molar-refractivity contribution in [3.05, 3.63) is 57.3 Å². The average molecular weight is 509 g/mol. The second kappa shape index (κ2) is 11.4. The van der Waals surface area contributed by atoms with Gasteiger partial charge in [-0.25, -0.2) is 9.78 Å². The Morgan fingerprint density at radius 1 is 1.12 bits per heavy atom. The first-order chi connectivity index (χ1) is 15.0. The highest BCUT2D eigenvalue weighted by atomic mass is 35.5. The molecule has 0 saturated carbocycles. The smallest absolute Gasteiger partial charge is 0.352 e. The van der Waals surface area contributed by atoms with Crippen molar-refractivity contribution in [3.8, 4) is 0 Å². The molecule has 2 aromatic rings. The van der Waals surface area contributed by atoms with Crippen molar-refractivity contribution in [1.29, 1.82) is 0 Å². The number of aromatic nitrogens is 1. The van der Waals surface area contributed by atoms with Crippen molar-refractivity contribution < 1.29 is 27.6 Å². The maximum atomic E-state index is 12.7. The third-order valence-electron chi connectivity index (χ3n) is 3.87. The molecule has 0 bridgehead atoms. The molecule has 0 radical (unpaired) electrons. The Labute approximate surface area is 195 Å². The van der Waals surface area contributed by atoms with E-state index in [1.54, 1.807) is 0 Å². The monoisotopic (exact) mass is 508 g/mol. The summed E-state index contributed by atoms with van der Waals surface area (Å²) < 4.78 is 40.3. The molecular formula is C19H17Cl2F3N4O3S. The van der Waals surface area contributed by atoms with Gasteiger partial charge in [0.2, 0.25) is 0 Å². The highest BCUT2D eigenvalue weighted by Gasteiger charge is 2.32. The van der Waals surface area contributed by atoms with Crippen LogP contribution in [-0.4, -0.2) is 29.4 Å². The number of carbonyl (C=O) groups is 3. The third kappa shape index (κ3) is 7.28. The fraction of sp³-hybridized carbons (Fsp3) is 0.263. The molecule has 1 aromatic carbocycles. The number of hydrogen-bond donors (Lipinski definition) is 3. The van der Waals surface area contributed by atoms with Gasteiger partial charge in [0.25, 0.3) is 11.8 Å². The average Bonchev–Trinajstić information content (AvgIpc) is 2.72. The number of alkyl halides is 3. The molecule has 1 aromatic heterocycles. The summed E-state index contributed by atoms with van der Waals surface area (Å²) in [5.74, 6) is -1.49. The van der Waals surface area contributed by atoms with E-state index in [-0.39, 0.29) is 11.5 Å². The molecule has 32 heavy (non-hydrogen) atoms. The summed E-state index contributed by atoms with van der Waals surface area (Å²) in [5, 5.41) is 4.39. The molecule has 0 saturated heterocycles. The van der Waals surface area contributed by atoms with Crippen molar-refractivity contribution in [3.63, 3.8) is 0 Å². The van der Waals surface area contributed by atoms with Crippen molar-refractivity contribution >= 4 is 53.0 Å². The quantitative estimate of drug-likeness (QED) is 0.357. The van der Waals surface area contributed by atoms with Crippen LogP contribution >= 0.6 is 35.1 Å². The van der Waals surface area contributed by atoms with Crippen molar-refractivity contribution in [1.82, 2.24) is 20.3 Å². The first-order valence-corrected chi connectivity index (χ1v) is 10.7. The summed E-state index contributed by atoms with van der Waals surface area (Å²) in [7, 11) is 0. The highest BCUT2D eigenvalue weighted by molar-refractivity contribution is 7.98. The Morgan fingerprint density at radius 3 is 2.47 bits per heavy atom. The Bertz CT molecular complexity index is 1020. The molecule has 4 amide bonds. The number of benzene rings is 1. The maximum absolute atomic E-state index is 12.7. The van der Waals surface area contributed by atoms with E-state index in [4.69, 9.17) is 23.2 Å². The summed E-state index contributed by atoms with van der Waals surface area (Å²) in [6, 6.07) is 4.00. The molecule has 0 spiro atoms. The number of nitrogens with zero attached hydrogens (tertiary/aromatic N) is 1. The van der Waals surface area contributed by atoms with Crippen LogP contribution in [0, 0.1) is 0 Å². The number of unbranched alkanes of at least 4 members (excludes halogenated alkanes) is 1. The molecule has 2 rings (SSSR count). The molecule has 7 nitrogen and oxygen atoms in total. The largest absolute Gasteiger partial charge is 0.417 e. The van der Waals surface area contributed by atoms with Crippen LogP contribution in [0.1, 0.15) is 46.2 Å². The number of amides is 4. The van der Waals surface area contributed by atoms with Crippen LogP contribution in [0.3, 0.4) is 0 Å². The summed E-state index contributed by atoms with van der Waals surface area (Å²) >= 11 is 12.4. The zero-order chi connectivity index (χ0) is 23.9.